The molecule has 1 atom stereocenters. The minimum atomic E-state index is 0.0564. The van der Waals surface area contributed by atoms with Crippen molar-refractivity contribution >= 4 is 11.6 Å². The summed E-state index contributed by atoms with van der Waals surface area (Å²) in [5.41, 5.74) is 5.76. The van der Waals surface area contributed by atoms with Crippen LogP contribution in [0.2, 0.25) is 5.02 Å². The van der Waals surface area contributed by atoms with Crippen LogP contribution in [0.3, 0.4) is 0 Å². The molecule has 134 valence electrons. The average Bonchev–Trinajstić information content (AvgIpc) is 3.24. The van der Waals surface area contributed by atoms with Crippen molar-refractivity contribution in [2.75, 3.05) is 0 Å². The van der Waals surface area contributed by atoms with Gasteiger partial charge < -0.3 is 9.73 Å². The van der Waals surface area contributed by atoms with E-state index in [9.17, 15) is 0 Å². The lowest BCUT2D eigenvalue weighted by molar-refractivity contribution is 0.542. The number of benzene rings is 2. The molecule has 4 heteroatoms. The lowest BCUT2D eigenvalue weighted by atomic mass is 10.0. The quantitative estimate of drug-likeness (QED) is 0.474. The molecule has 0 spiro atoms. The summed E-state index contributed by atoms with van der Waals surface area (Å²) in [5.74, 6) is 1.83. The van der Waals surface area contributed by atoms with Gasteiger partial charge >= 0.3 is 0 Å². The Hall–Kier alpha value is -2.75. The zero-order valence-corrected chi connectivity index (χ0v) is 15.7. The smallest absolute Gasteiger partial charge is 0.209 e. The van der Waals surface area contributed by atoms with Crippen LogP contribution in [-0.4, -0.2) is 4.57 Å². The highest BCUT2D eigenvalue weighted by atomic mass is 35.5. The van der Waals surface area contributed by atoms with E-state index in [-0.39, 0.29) is 6.04 Å². The SMILES string of the molecule is Cc1c(-c2ccccc2)oc2c1CNC(c1cccc(Cl)c1)c1cccn1-2. The van der Waals surface area contributed by atoms with Gasteiger partial charge in [0.05, 0.1) is 6.04 Å². The van der Waals surface area contributed by atoms with Crippen LogP contribution in [-0.2, 0) is 6.54 Å². The van der Waals surface area contributed by atoms with Crippen molar-refractivity contribution < 1.29 is 4.42 Å². The Morgan fingerprint density at radius 2 is 1.89 bits per heavy atom. The van der Waals surface area contributed by atoms with Gasteiger partial charge in [-0.15, -0.1) is 0 Å². The molecule has 0 saturated heterocycles. The molecule has 0 bridgehead atoms. The predicted molar refractivity (Wildman–Crippen MR) is 108 cm³/mol. The van der Waals surface area contributed by atoms with Crippen LogP contribution in [0, 0.1) is 6.92 Å². The average molecular weight is 375 g/mol. The van der Waals surface area contributed by atoms with Crippen molar-refractivity contribution in [1.29, 1.82) is 0 Å². The van der Waals surface area contributed by atoms with E-state index in [4.69, 9.17) is 16.0 Å². The fourth-order valence-corrected chi connectivity index (χ4v) is 4.10. The van der Waals surface area contributed by atoms with E-state index in [0.29, 0.717) is 0 Å². The highest BCUT2D eigenvalue weighted by Gasteiger charge is 2.28. The van der Waals surface area contributed by atoms with E-state index in [1.54, 1.807) is 0 Å². The predicted octanol–water partition coefficient (Wildman–Crippen LogP) is 5.89. The molecule has 2 aromatic carbocycles. The van der Waals surface area contributed by atoms with E-state index in [0.717, 1.165) is 40.0 Å². The summed E-state index contributed by atoms with van der Waals surface area (Å²) in [5, 5.41) is 4.44. The molecule has 0 amide bonds. The Bertz CT molecular complexity index is 1110. The van der Waals surface area contributed by atoms with Gasteiger partial charge in [0.15, 0.2) is 0 Å². The molecule has 27 heavy (non-hydrogen) atoms. The minimum absolute atomic E-state index is 0.0564. The van der Waals surface area contributed by atoms with Crippen LogP contribution in [0.15, 0.2) is 77.3 Å². The lowest BCUT2D eigenvalue weighted by Crippen LogP contribution is -2.21. The molecule has 0 saturated carbocycles. The van der Waals surface area contributed by atoms with Crippen molar-refractivity contribution in [3.05, 3.63) is 100 Å². The molecule has 0 fully saturated rings. The number of furan rings is 1. The van der Waals surface area contributed by atoms with Gasteiger partial charge in [-0.1, -0.05) is 54.1 Å². The number of hydrogen-bond donors (Lipinski definition) is 1. The normalized spacial score (nSPS) is 15.9. The summed E-state index contributed by atoms with van der Waals surface area (Å²) in [6, 6.07) is 22.5. The van der Waals surface area contributed by atoms with Gasteiger partial charge in [0, 0.05) is 40.1 Å². The third-order valence-corrected chi connectivity index (χ3v) is 5.48. The molecule has 1 N–H and O–H groups in total. The second-order valence-electron chi connectivity index (χ2n) is 6.88. The van der Waals surface area contributed by atoms with Gasteiger partial charge in [0.2, 0.25) is 5.88 Å². The number of nitrogens with one attached hydrogen (secondary N) is 1. The molecule has 1 aliphatic rings. The van der Waals surface area contributed by atoms with Gasteiger partial charge in [0.1, 0.15) is 5.76 Å². The van der Waals surface area contributed by atoms with Crippen LogP contribution in [0.5, 0.6) is 0 Å². The van der Waals surface area contributed by atoms with Crippen LogP contribution in [0.1, 0.15) is 28.4 Å². The molecular weight excluding hydrogens is 356 g/mol. The first-order valence-corrected chi connectivity index (χ1v) is 9.44. The molecule has 5 rings (SSSR count). The van der Waals surface area contributed by atoms with Crippen LogP contribution in [0.4, 0.5) is 0 Å². The molecule has 3 heterocycles. The number of aromatic nitrogens is 1. The van der Waals surface area contributed by atoms with E-state index >= 15 is 0 Å². The molecule has 0 aliphatic carbocycles. The van der Waals surface area contributed by atoms with Crippen molar-refractivity contribution in [3.8, 4) is 17.2 Å². The maximum atomic E-state index is 6.39. The minimum Gasteiger partial charge on any atom is -0.439 e. The Morgan fingerprint density at radius 3 is 2.70 bits per heavy atom. The molecule has 0 radical (unpaired) electrons. The molecule has 3 nitrogen and oxygen atoms in total. The highest BCUT2D eigenvalue weighted by Crippen LogP contribution is 2.38. The maximum absolute atomic E-state index is 6.39. The van der Waals surface area contributed by atoms with E-state index in [2.05, 4.69) is 53.3 Å². The third kappa shape index (κ3) is 2.71. The van der Waals surface area contributed by atoms with E-state index in [1.165, 1.54) is 11.1 Å². The summed E-state index contributed by atoms with van der Waals surface area (Å²) in [6.45, 7) is 2.87. The van der Waals surface area contributed by atoms with Crippen LogP contribution < -0.4 is 5.32 Å². The molecule has 1 aliphatic heterocycles. The lowest BCUT2D eigenvalue weighted by Gasteiger charge is -2.18. The van der Waals surface area contributed by atoms with Gasteiger partial charge in [-0.3, -0.25) is 4.57 Å². The first-order valence-electron chi connectivity index (χ1n) is 9.06. The number of hydrogen-bond acceptors (Lipinski definition) is 2. The fourth-order valence-electron chi connectivity index (χ4n) is 3.90. The Balaban J connectivity index is 1.65. The Morgan fingerprint density at radius 1 is 1.04 bits per heavy atom. The molecule has 1 unspecified atom stereocenters. The first-order chi connectivity index (χ1) is 13.2. The number of halogens is 1. The van der Waals surface area contributed by atoms with E-state index in [1.807, 2.05) is 36.4 Å². The first kappa shape index (κ1) is 16.4. The highest BCUT2D eigenvalue weighted by molar-refractivity contribution is 6.30. The molecule has 2 aromatic heterocycles. The Kier molecular flexibility index (Phi) is 3.92. The third-order valence-electron chi connectivity index (χ3n) is 5.25. The Labute approximate surface area is 163 Å². The van der Waals surface area contributed by atoms with Crippen molar-refractivity contribution in [2.24, 2.45) is 0 Å². The van der Waals surface area contributed by atoms with E-state index < -0.39 is 0 Å². The zero-order valence-electron chi connectivity index (χ0n) is 14.9. The van der Waals surface area contributed by atoms with Gasteiger partial charge in [0.25, 0.3) is 0 Å². The fraction of sp³-hybridized carbons (Fsp3) is 0.130. The monoisotopic (exact) mass is 374 g/mol. The summed E-state index contributed by atoms with van der Waals surface area (Å²) in [6.07, 6.45) is 2.07. The zero-order chi connectivity index (χ0) is 18.4. The second kappa shape index (κ2) is 6.45. The number of fused-ring (bicyclic) bond motifs is 3. The van der Waals surface area contributed by atoms with Gasteiger partial charge in [-0.25, -0.2) is 0 Å². The maximum Gasteiger partial charge on any atom is 0.209 e. The molecular formula is C23H19ClN2O. The summed E-state index contributed by atoms with van der Waals surface area (Å²) < 4.78 is 8.55. The summed E-state index contributed by atoms with van der Waals surface area (Å²) in [7, 11) is 0. The largest absolute Gasteiger partial charge is 0.439 e. The summed E-state index contributed by atoms with van der Waals surface area (Å²) >= 11 is 6.23. The van der Waals surface area contributed by atoms with Crippen LogP contribution in [0.25, 0.3) is 17.2 Å². The van der Waals surface area contributed by atoms with Crippen LogP contribution >= 0.6 is 11.6 Å². The number of rotatable bonds is 2. The summed E-state index contributed by atoms with van der Waals surface area (Å²) in [4.78, 5) is 0. The topological polar surface area (TPSA) is 30.1 Å². The number of nitrogens with zero attached hydrogens (tertiary/aromatic N) is 1. The molecule has 4 aromatic rings. The van der Waals surface area contributed by atoms with Gasteiger partial charge in [-0.2, -0.15) is 0 Å². The van der Waals surface area contributed by atoms with Crippen molar-refractivity contribution in [3.63, 3.8) is 0 Å². The van der Waals surface area contributed by atoms with Gasteiger partial charge in [-0.05, 0) is 36.8 Å². The van der Waals surface area contributed by atoms with Crippen molar-refractivity contribution in [2.45, 2.75) is 19.5 Å². The van der Waals surface area contributed by atoms with Crippen molar-refractivity contribution in [1.82, 2.24) is 9.88 Å². The second-order valence-corrected chi connectivity index (χ2v) is 7.31. The standard InChI is InChI=1S/C23H19ClN2O/c1-15-19-14-25-21(17-9-5-10-18(24)13-17)20-11-6-12-26(20)23(19)27-22(15)16-7-3-2-4-8-16/h2-13,21,25H,14H2,1H3.